The van der Waals surface area contributed by atoms with Gasteiger partial charge in [0.15, 0.2) is 0 Å². The summed E-state index contributed by atoms with van der Waals surface area (Å²) in [7, 11) is 0. The highest BCUT2D eigenvalue weighted by atomic mass is 32.2. The molecule has 0 spiro atoms. The third-order valence-corrected chi connectivity index (χ3v) is 5.65. The van der Waals surface area contributed by atoms with E-state index in [0.29, 0.717) is 17.1 Å². The van der Waals surface area contributed by atoms with E-state index >= 15 is 0 Å². The highest BCUT2D eigenvalue weighted by Gasteiger charge is 2.40. The number of hydrogen-bond donors (Lipinski definition) is 2. The smallest absolute Gasteiger partial charge is 0.326 e. The van der Waals surface area contributed by atoms with Crippen molar-refractivity contribution < 1.29 is 33.9 Å². The van der Waals surface area contributed by atoms with E-state index in [1.165, 1.54) is 30.3 Å². The first-order chi connectivity index (χ1) is 14.7. The standard InChI is InChI=1S/C19H14N2O8S2/c22-16(23)8-6-13(18(25)26)20-17(24)15(31-19(20)30)9-12-5-7-14(29-12)10-1-3-11(4-2-10)21(27)28/h1-5,7,9,13H,6,8H2,(H,22,23)(H,25,26)/b15-9+/t13-/m0/s1. The normalized spacial score (nSPS) is 16.0. The van der Waals surface area contributed by atoms with E-state index in [-0.39, 0.29) is 21.3 Å². The monoisotopic (exact) mass is 462 g/mol. The van der Waals surface area contributed by atoms with Gasteiger partial charge >= 0.3 is 11.9 Å². The summed E-state index contributed by atoms with van der Waals surface area (Å²) in [5, 5.41) is 29.0. The second-order valence-electron chi connectivity index (χ2n) is 6.34. The Balaban J connectivity index is 1.80. The SMILES string of the molecule is O=C(O)CC[C@@H](C(=O)O)N1C(=O)/C(=C\c2ccc(-c3ccc([N+](=O)[O-])cc3)o2)SC1=S. The topological polar surface area (TPSA) is 151 Å². The molecule has 12 heteroatoms. The van der Waals surface area contributed by atoms with Crippen LogP contribution in [0.25, 0.3) is 17.4 Å². The van der Waals surface area contributed by atoms with Crippen LogP contribution in [0.3, 0.4) is 0 Å². The van der Waals surface area contributed by atoms with Crippen molar-refractivity contribution in [2.75, 3.05) is 0 Å². The molecule has 0 aliphatic carbocycles. The zero-order valence-electron chi connectivity index (χ0n) is 15.6. The number of carboxylic acid groups (broad SMARTS) is 2. The number of benzene rings is 1. The maximum absolute atomic E-state index is 12.7. The molecule has 0 bridgehead atoms. The van der Waals surface area contributed by atoms with Crippen molar-refractivity contribution >= 4 is 57.9 Å². The van der Waals surface area contributed by atoms with Crippen LogP contribution >= 0.6 is 24.0 Å². The van der Waals surface area contributed by atoms with Gasteiger partial charge < -0.3 is 14.6 Å². The predicted molar refractivity (Wildman–Crippen MR) is 114 cm³/mol. The highest BCUT2D eigenvalue weighted by molar-refractivity contribution is 8.26. The predicted octanol–water partition coefficient (Wildman–Crippen LogP) is 3.37. The van der Waals surface area contributed by atoms with Crippen molar-refractivity contribution in [3.63, 3.8) is 0 Å². The number of carboxylic acids is 2. The maximum atomic E-state index is 12.7. The summed E-state index contributed by atoms with van der Waals surface area (Å²) in [5.41, 5.74) is 0.535. The Morgan fingerprint density at radius 1 is 1.23 bits per heavy atom. The van der Waals surface area contributed by atoms with E-state index in [4.69, 9.17) is 21.7 Å². The number of furan rings is 1. The number of carbonyl (C=O) groups is 3. The first kappa shape index (κ1) is 22.2. The maximum Gasteiger partial charge on any atom is 0.326 e. The van der Waals surface area contributed by atoms with Crippen LogP contribution in [0.15, 0.2) is 45.7 Å². The lowest BCUT2D eigenvalue weighted by Crippen LogP contribution is -2.44. The molecule has 0 unspecified atom stereocenters. The lowest BCUT2D eigenvalue weighted by Gasteiger charge is -2.22. The molecule has 1 fully saturated rings. The minimum absolute atomic E-state index is 0.0104. The third kappa shape index (κ3) is 4.98. The molecule has 10 nitrogen and oxygen atoms in total. The molecule has 160 valence electrons. The van der Waals surface area contributed by atoms with Crippen LogP contribution < -0.4 is 0 Å². The lowest BCUT2D eigenvalue weighted by atomic mass is 10.1. The summed E-state index contributed by atoms with van der Waals surface area (Å²) in [6, 6.07) is 7.56. The van der Waals surface area contributed by atoms with Crippen molar-refractivity contribution in [3.05, 3.63) is 57.2 Å². The molecule has 2 N–H and O–H groups in total. The highest BCUT2D eigenvalue weighted by Crippen LogP contribution is 2.35. The number of hydrogen-bond acceptors (Lipinski definition) is 8. The van der Waals surface area contributed by atoms with Crippen LogP contribution in [-0.4, -0.2) is 48.2 Å². The molecule has 0 saturated carbocycles. The van der Waals surface area contributed by atoms with Crippen LogP contribution in [-0.2, 0) is 14.4 Å². The van der Waals surface area contributed by atoms with E-state index in [9.17, 15) is 29.6 Å². The van der Waals surface area contributed by atoms with Gasteiger partial charge in [-0.2, -0.15) is 0 Å². The molecule has 1 atom stereocenters. The van der Waals surface area contributed by atoms with E-state index < -0.39 is 35.2 Å². The number of nitro groups is 1. The zero-order valence-corrected chi connectivity index (χ0v) is 17.2. The van der Waals surface area contributed by atoms with Gasteiger partial charge in [-0.1, -0.05) is 24.0 Å². The second kappa shape index (κ2) is 9.10. The lowest BCUT2D eigenvalue weighted by molar-refractivity contribution is -0.384. The summed E-state index contributed by atoms with van der Waals surface area (Å²) < 4.78 is 5.68. The van der Waals surface area contributed by atoms with Gasteiger partial charge in [-0.15, -0.1) is 0 Å². The quantitative estimate of drug-likeness (QED) is 0.258. The molecule has 1 aromatic heterocycles. The van der Waals surface area contributed by atoms with Crippen LogP contribution in [0.2, 0.25) is 0 Å². The van der Waals surface area contributed by atoms with Crippen LogP contribution in [0.5, 0.6) is 0 Å². The van der Waals surface area contributed by atoms with Gasteiger partial charge in [0.1, 0.15) is 21.9 Å². The molecule has 2 heterocycles. The van der Waals surface area contributed by atoms with Gasteiger partial charge in [-0.05, 0) is 30.7 Å². The van der Waals surface area contributed by atoms with Gasteiger partial charge in [-0.3, -0.25) is 24.6 Å². The largest absolute Gasteiger partial charge is 0.481 e. The molecule has 0 radical (unpaired) electrons. The number of thioether (sulfide) groups is 1. The molecular formula is C19H14N2O8S2. The summed E-state index contributed by atoms with van der Waals surface area (Å²) in [4.78, 5) is 46.3. The summed E-state index contributed by atoms with van der Waals surface area (Å²) in [5.74, 6) is -2.47. The molecule has 1 aromatic carbocycles. The number of rotatable bonds is 8. The third-order valence-electron chi connectivity index (χ3n) is 4.31. The molecule has 1 saturated heterocycles. The number of nitrogens with zero attached hydrogens (tertiary/aromatic N) is 2. The number of amides is 1. The van der Waals surface area contributed by atoms with Crippen molar-refractivity contribution in [1.82, 2.24) is 4.90 Å². The van der Waals surface area contributed by atoms with Crippen LogP contribution in [0.4, 0.5) is 5.69 Å². The number of nitro benzene ring substituents is 1. The Morgan fingerprint density at radius 2 is 1.90 bits per heavy atom. The van der Waals surface area contributed by atoms with E-state index in [1.54, 1.807) is 12.1 Å². The minimum atomic E-state index is -1.39. The number of aliphatic carboxylic acids is 2. The van der Waals surface area contributed by atoms with Crippen LogP contribution in [0, 0.1) is 10.1 Å². The zero-order chi connectivity index (χ0) is 22.7. The molecule has 1 aliphatic rings. The average Bonchev–Trinajstić information content (AvgIpc) is 3.28. The first-order valence-electron chi connectivity index (χ1n) is 8.73. The fraction of sp³-hybridized carbons (Fsp3) is 0.158. The molecule has 2 aromatic rings. The Hall–Kier alpha value is -3.51. The average molecular weight is 462 g/mol. The summed E-state index contributed by atoms with van der Waals surface area (Å²) in [6.45, 7) is 0. The van der Waals surface area contributed by atoms with Crippen LogP contribution in [0.1, 0.15) is 18.6 Å². The Bertz CT molecular complexity index is 1110. The summed E-state index contributed by atoms with van der Waals surface area (Å²) >= 11 is 6.02. The molecule has 31 heavy (non-hydrogen) atoms. The number of carbonyl (C=O) groups excluding carboxylic acids is 1. The number of non-ortho nitro benzene ring substituents is 1. The molecular weight excluding hydrogens is 448 g/mol. The van der Waals surface area contributed by atoms with E-state index in [1.807, 2.05) is 0 Å². The minimum Gasteiger partial charge on any atom is -0.481 e. The van der Waals surface area contributed by atoms with Gasteiger partial charge in [0.2, 0.25) is 0 Å². The Kier molecular flexibility index (Phi) is 6.51. The van der Waals surface area contributed by atoms with Crippen molar-refractivity contribution in [2.24, 2.45) is 0 Å². The Morgan fingerprint density at radius 3 is 2.48 bits per heavy atom. The second-order valence-corrected chi connectivity index (χ2v) is 8.02. The van der Waals surface area contributed by atoms with Gasteiger partial charge in [0.05, 0.1) is 9.83 Å². The van der Waals surface area contributed by atoms with Gasteiger partial charge in [-0.25, -0.2) is 4.79 Å². The Labute approximate surface area is 184 Å². The molecule has 1 amide bonds. The van der Waals surface area contributed by atoms with Gasteiger partial charge in [0.25, 0.3) is 11.6 Å². The fourth-order valence-corrected chi connectivity index (χ4v) is 4.17. The fourth-order valence-electron chi connectivity index (χ4n) is 2.83. The van der Waals surface area contributed by atoms with Crippen molar-refractivity contribution in [1.29, 1.82) is 0 Å². The summed E-state index contributed by atoms with van der Waals surface area (Å²) in [6.07, 6.45) is 0.698. The van der Waals surface area contributed by atoms with E-state index in [2.05, 4.69) is 0 Å². The first-order valence-corrected chi connectivity index (χ1v) is 9.96. The molecule has 1 aliphatic heterocycles. The van der Waals surface area contributed by atoms with Gasteiger partial charge in [0, 0.05) is 30.2 Å². The molecule has 3 rings (SSSR count). The van der Waals surface area contributed by atoms with Crippen molar-refractivity contribution in [2.45, 2.75) is 18.9 Å². The van der Waals surface area contributed by atoms with Crippen molar-refractivity contribution in [3.8, 4) is 11.3 Å². The van der Waals surface area contributed by atoms with E-state index in [0.717, 1.165) is 16.7 Å². The number of thiocarbonyl (C=S) groups is 1.